The van der Waals surface area contributed by atoms with Crippen molar-refractivity contribution in [1.82, 2.24) is 10.6 Å². The first kappa shape index (κ1) is 19.8. The van der Waals surface area contributed by atoms with Crippen LogP contribution in [0.5, 0.6) is 0 Å². The fourth-order valence-corrected chi connectivity index (χ4v) is 2.69. The molecule has 0 aliphatic heterocycles. The van der Waals surface area contributed by atoms with Crippen LogP contribution in [0, 0.1) is 12.8 Å². The number of amides is 2. The van der Waals surface area contributed by atoms with Crippen molar-refractivity contribution >= 4 is 11.7 Å². The number of nitrogens with zero attached hydrogens (tertiary/aromatic N) is 1. The zero-order chi connectivity index (χ0) is 18.9. The Kier molecular flexibility index (Phi) is 7.48. The third-order valence-corrected chi connectivity index (χ3v) is 4.33. The second kappa shape index (κ2) is 9.82. The summed E-state index contributed by atoms with van der Waals surface area (Å²) in [7, 11) is 3.98. The molecule has 0 bridgehead atoms. The number of carbonyl (C=O) groups is 1. The number of hydrogen-bond acceptors (Lipinski definition) is 3. The van der Waals surface area contributed by atoms with Crippen molar-refractivity contribution in [2.45, 2.75) is 19.9 Å². The van der Waals surface area contributed by atoms with Crippen molar-refractivity contribution in [3.8, 4) is 0 Å². The van der Waals surface area contributed by atoms with Gasteiger partial charge in [-0.05, 0) is 36.6 Å². The Morgan fingerprint density at radius 3 is 2.46 bits per heavy atom. The van der Waals surface area contributed by atoms with E-state index in [-0.39, 0.29) is 18.6 Å². The SMILES string of the molecule is Cc1ccc(CC(CO)CNC(=O)NCc2cccc(N(C)C)c2)cc1. The van der Waals surface area contributed by atoms with Crippen LogP contribution >= 0.6 is 0 Å². The fraction of sp³-hybridized carbons (Fsp3) is 0.381. The van der Waals surface area contributed by atoms with Gasteiger partial charge in [0.15, 0.2) is 0 Å². The smallest absolute Gasteiger partial charge is 0.315 e. The molecule has 0 spiro atoms. The van der Waals surface area contributed by atoms with Gasteiger partial charge >= 0.3 is 6.03 Å². The second-order valence-electron chi connectivity index (χ2n) is 6.87. The van der Waals surface area contributed by atoms with E-state index in [1.165, 1.54) is 5.56 Å². The highest BCUT2D eigenvalue weighted by atomic mass is 16.3. The van der Waals surface area contributed by atoms with Gasteiger partial charge in [0.1, 0.15) is 0 Å². The van der Waals surface area contributed by atoms with E-state index in [1.54, 1.807) is 0 Å². The first-order valence-corrected chi connectivity index (χ1v) is 8.92. The van der Waals surface area contributed by atoms with E-state index < -0.39 is 0 Å². The molecular weight excluding hydrogens is 326 g/mol. The van der Waals surface area contributed by atoms with Crippen molar-refractivity contribution in [2.24, 2.45) is 5.92 Å². The molecule has 2 rings (SSSR count). The van der Waals surface area contributed by atoms with Crippen molar-refractivity contribution in [1.29, 1.82) is 0 Å². The molecule has 0 saturated heterocycles. The van der Waals surface area contributed by atoms with Gasteiger partial charge in [-0.2, -0.15) is 0 Å². The van der Waals surface area contributed by atoms with Crippen LogP contribution in [0.2, 0.25) is 0 Å². The maximum Gasteiger partial charge on any atom is 0.315 e. The third kappa shape index (κ3) is 6.41. The molecule has 26 heavy (non-hydrogen) atoms. The average molecular weight is 355 g/mol. The minimum Gasteiger partial charge on any atom is -0.396 e. The molecule has 1 atom stereocenters. The van der Waals surface area contributed by atoms with Gasteiger partial charge in [-0.3, -0.25) is 0 Å². The number of hydrogen-bond donors (Lipinski definition) is 3. The van der Waals surface area contributed by atoms with Crippen molar-refractivity contribution < 1.29 is 9.90 Å². The molecule has 0 radical (unpaired) electrons. The molecule has 3 N–H and O–H groups in total. The lowest BCUT2D eigenvalue weighted by Crippen LogP contribution is -2.39. The molecule has 1 unspecified atom stereocenters. The van der Waals surface area contributed by atoms with Gasteiger partial charge < -0.3 is 20.6 Å². The minimum absolute atomic E-state index is 0.000486. The summed E-state index contributed by atoms with van der Waals surface area (Å²) in [6.45, 7) is 3.00. The highest BCUT2D eigenvalue weighted by Crippen LogP contribution is 2.13. The Morgan fingerprint density at radius 2 is 1.81 bits per heavy atom. The summed E-state index contributed by atoms with van der Waals surface area (Å²) in [6.07, 6.45) is 0.738. The Hall–Kier alpha value is -2.53. The van der Waals surface area contributed by atoms with Gasteiger partial charge in [-0.1, -0.05) is 42.0 Å². The van der Waals surface area contributed by atoms with Crippen LogP contribution in [0.3, 0.4) is 0 Å². The van der Waals surface area contributed by atoms with E-state index >= 15 is 0 Å². The van der Waals surface area contributed by atoms with Crippen molar-refractivity contribution in [2.75, 3.05) is 32.1 Å². The fourth-order valence-electron chi connectivity index (χ4n) is 2.69. The third-order valence-electron chi connectivity index (χ3n) is 4.33. The lowest BCUT2D eigenvalue weighted by atomic mass is 9.99. The molecule has 0 aliphatic carbocycles. The van der Waals surface area contributed by atoms with Gasteiger partial charge in [-0.15, -0.1) is 0 Å². The normalized spacial score (nSPS) is 11.7. The molecule has 0 heterocycles. The van der Waals surface area contributed by atoms with Crippen molar-refractivity contribution in [3.63, 3.8) is 0 Å². The van der Waals surface area contributed by atoms with E-state index in [0.29, 0.717) is 13.1 Å². The molecule has 2 amide bonds. The maximum atomic E-state index is 12.0. The quantitative estimate of drug-likeness (QED) is 0.682. The predicted molar refractivity (Wildman–Crippen MR) is 106 cm³/mol. The Balaban J connectivity index is 1.77. The van der Waals surface area contributed by atoms with E-state index in [0.717, 1.165) is 23.2 Å². The Bertz CT molecular complexity index is 699. The zero-order valence-corrected chi connectivity index (χ0v) is 15.8. The number of carbonyl (C=O) groups excluding carboxylic acids is 1. The predicted octanol–water partition coefficient (Wildman–Crippen LogP) is 2.71. The summed E-state index contributed by atoms with van der Waals surface area (Å²) >= 11 is 0. The number of aryl methyl sites for hydroxylation is 1. The molecule has 0 aromatic heterocycles. The van der Waals surface area contributed by atoms with E-state index in [4.69, 9.17) is 0 Å². The van der Waals surface area contributed by atoms with Crippen LogP contribution in [0.25, 0.3) is 0 Å². The summed E-state index contributed by atoms with van der Waals surface area (Å²) in [5.41, 5.74) is 4.52. The summed E-state index contributed by atoms with van der Waals surface area (Å²) < 4.78 is 0. The van der Waals surface area contributed by atoms with Crippen LogP contribution in [0.15, 0.2) is 48.5 Å². The van der Waals surface area contributed by atoms with Crippen LogP contribution < -0.4 is 15.5 Å². The number of aliphatic hydroxyl groups is 1. The molecule has 5 heteroatoms. The molecule has 2 aromatic rings. The van der Waals surface area contributed by atoms with Gasteiger partial charge in [0.25, 0.3) is 0 Å². The van der Waals surface area contributed by atoms with Gasteiger partial charge in [0, 0.05) is 45.4 Å². The summed E-state index contributed by atoms with van der Waals surface area (Å²) in [5.74, 6) is 0.000486. The number of aliphatic hydroxyl groups excluding tert-OH is 1. The largest absolute Gasteiger partial charge is 0.396 e. The van der Waals surface area contributed by atoms with Crippen LogP contribution in [0.1, 0.15) is 16.7 Å². The summed E-state index contributed by atoms with van der Waals surface area (Å²) in [6, 6.07) is 16.1. The Labute approximate surface area is 156 Å². The van der Waals surface area contributed by atoms with E-state index in [2.05, 4.69) is 34.9 Å². The number of rotatable bonds is 8. The monoisotopic (exact) mass is 355 g/mol. The highest BCUT2D eigenvalue weighted by molar-refractivity contribution is 5.73. The van der Waals surface area contributed by atoms with Gasteiger partial charge in [0.05, 0.1) is 0 Å². The number of anilines is 1. The first-order valence-electron chi connectivity index (χ1n) is 8.92. The van der Waals surface area contributed by atoms with Gasteiger partial charge in [0.2, 0.25) is 0 Å². The molecule has 5 nitrogen and oxygen atoms in total. The van der Waals surface area contributed by atoms with E-state index in [1.807, 2.05) is 50.2 Å². The molecule has 140 valence electrons. The van der Waals surface area contributed by atoms with Crippen molar-refractivity contribution in [3.05, 3.63) is 65.2 Å². The summed E-state index contributed by atoms with van der Waals surface area (Å²) in [5, 5.41) is 15.3. The highest BCUT2D eigenvalue weighted by Gasteiger charge is 2.10. The average Bonchev–Trinajstić information content (AvgIpc) is 2.65. The molecular formula is C21H29N3O2. The lowest BCUT2D eigenvalue weighted by molar-refractivity contribution is 0.214. The van der Waals surface area contributed by atoms with Crippen LogP contribution in [0.4, 0.5) is 10.5 Å². The first-order chi connectivity index (χ1) is 12.5. The topological polar surface area (TPSA) is 64.6 Å². The van der Waals surface area contributed by atoms with Crippen LogP contribution in [-0.4, -0.2) is 38.4 Å². The second-order valence-corrected chi connectivity index (χ2v) is 6.87. The Morgan fingerprint density at radius 1 is 1.08 bits per heavy atom. The number of urea groups is 1. The van der Waals surface area contributed by atoms with Gasteiger partial charge in [-0.25, -0.2) is 4.79 Å². The van der Waals surface area contributed by atoms with E-state index in [9.17, 15) is 9.90 Å². The zero-order valence-electron chi connectivity index (χ0n) is 15.8. The standard InChI is InChI=1S/C21H29N3O2/c1-16-7-9-17(10-8-16)11-19(15-25)14-23-21(26)22-13-18-5-4-6-20(12-18)24(2)3/h4-10,12,19,25H,11,13-15H2,1-3H3,(H2,22,23,26). The molecule has 0 aliphatic rings. The summed E-state index contributed by atoms with van der Waals surface area (Å²) in [4.78, 5) is 14.1. The lowest BCUT2D eigenvalue weighted by Gasteiger charge is -2.16. The minimum atomic E-state index is -0.220. The molecule has 0 saturated carbocycles. The molecule has 2 aromatic carbocycles. The number of nitrogens with one attached hydrogen (secondary N) is 2. The maximum absolute atomic E-state index is 12.0. The molecule has 0 fully saturated rings. The number of benzene rings is 2. The van der Waals surface area contributed by atoms with Crippen LogP contribution in [-0.2, 0) is 13.0 Å².